The summed E-state index contributed by atoms with van der Waals surface area (Å²) in [5.41, 5.74) is 4.95. The van der Waals surface area contributed by atoms with Crippen LogP contribution in [0.15, 0.2) is 48.7 Å². The van der Waals surface area contributed by atoms with E-state index in [1.807, 2.05) is 13.8 Å². The van der Waals surface area contributed by atoms with Crippen LogP contribution in [0.1, 0.15) is 47.1 Å². The molecule has 3 aromatic heterocycles. The van der Waals surface area contributed by atoms with Crippen molar-refractivity contribution in [3.05, 3.63) is 88.8 Å². The van der Waals surface area contributed by atoms with Crippen LogP contribution in [-0.2, 0) is 24.4 Å². The molecule has 0 spiro atoms. The number of amides is 1. The van der Waals surface area contributed by atoms with E-state index in [2.05, 4.69) is 15.3 Å². The number of likely N-dealkylation sites (N-methyl/N-ethyl adjacent to an activating group) is 1. The highest BCUT2D eigenvalue weighted by molar-refractivity contribution is 6.09. The Bertz CT molecular complexity index is 2050. The summed E-state index contributed by atoms with van der Waals surface area (Å²) in [6.07, 6.45) is -0.718. The normalized spacial score (nSPS) is 13.0. The van der Waals surface area contributed by atoms with Crippen molar-refractivity contribution in [1.82, 2.24) is 18.9 Å². The Labute approximate surface area is 266 Å². The number of rotatable bonds is 5. The standard InChI is InChI=1S/C31H26F5N7O2.C2H6/c1-15-38-26-22(42(15)3)14-18(31(34,35)36)24-17-6-5-10-43-27(17)21(8-11-41(2)28(24)26)39-30(43)29(45)16-12-19(32)25(20(33)13-16)40-23(44)7-4-9-37;1-2/h4-7,10,12-14H,8-9,11,37H2,1-3H3,(H,40,44);1-2H3/b7-4+;. The maximum atomic E-state index is 15.0. The van der Waals surface area contributed by atoms with Crippen molar-refractivity contribution >= 4 is 39.6 Å². The minimum atomic E-state index is -4.74. The number of ketones is 1. The molecule has 246 valence electrons. The van der Waals surface area contributed by atoms with Gasteiger partial charge in [0, 0.05) is 62.6 Å². The van der Waals surface area contributed by atoms with E-state index in [1.165, 1.54) is 28.8 Å². The number of carbonyl (C=O) groups is 2. The number of halogens is 5. The van der Waals surface area contributed by atoms with Crippen LogP contribution in [0.3, 0.4) is 0 Å². The monoisotopic (exact) mass is 653 g/mol. The fourth-order valence-electron chi connectivity index (χ4n) is 5.72. The van der Waals surface area contributed by atoms with E-state index in [1.54, 1.807) is 30.5 Å². The minimum absolute atomic E-state index is 0.0420. The van der Waals surface area contributed by atoms with E-state index < -0.39 is 46.3 Å². The van der Waals surface area contributed by atoms with Crippen molar-refractivity contribution in [3.8, 4) is 11.1 Å². The fraction of sp³-hybridized carbons (Fsp3) is 0.273. The van der Waals surface area contributed by atoms with E-state index in [-0.39, 0.29) is 42.0 Å². The number of nitrogens with one attached hydrogen (secondary N) is 1. The summed E-state index contributed by atoms with van der Waals surface area (Å²) in [5, 5.41) is 2.07. The van der Waals surface area contributed by atoms with Gasteiger partial charge in [0.05, 0.1) is 28.0 Å². The number of nitrogens with two attached hydrogens (primary N) is 1. The molecule has 0 saturated carbocycles. The van der Waals surface area contributed by atoms with Crippen LogP contribution in [0, 0.1) is 18.6 Å². The van der Waals surface area contributed by atoms with Crippen molar-refractivity contribution in [2.75, 3.05) is 30.4 Å². The number of alkyl halides is 3. The van der Waals surface area contributed by atoms with Crippen LogP contribution >= 0.6 is 0 Å². The third kappa shape index (κ3) is 5.73. The van der Waals surface area contributed by atoms with Crippen LogP contribution in [0.25, 0.3) is 27.7 Å². The quantitative estimate of drug-likeness (QED) is 0.133. The van der Waals surface area contributed by atoms with E-state index in [9.17, 15) is 31.5 Å². The van der Waals surface area contributed by atoms with Gasteiger partial charge in [-0.3, -0.25) is 14.0 Å². The number of nitrogens with zero attached hydrogens (tertiary/aromatic N) is 5. The van der Waals surface area contributed by atoms with Gasteiger partial charge in [0.25, 0.3) is 0 Å². The molecular weight excluding hydrogens is 621 g/mol. The van der Waals surface area contributed by atoms with Gasteiger partial charge in [0.1, 0.15) is 28.7 Å². The van der Waals surface area contributed by atoms with Crippen LogP contribution in [0.2, 0.25) is 0 Å². The molecule has 0 radical (unpaired) electrons. The minimum Gasteiger partial charge on any atom is -0.372 e. The molecule has 0 atom stereocenters. The molecule has 0 bridgehead atoms. The van der Waals surface area contributed by atoms with Crippen molar-refractivity contribution in [1.29, 1.82) is 0 Å². The number of anilines is 2. The van der Waals surface area contributed by atoms with Crippen LogP contribution in [-0.4, -0.2) is 50.8 Å². The second-order valence-corrected chi connectivity index (χ2v) is 10.7. The number of aromatic nitrogens is 4. The molecule has 1 aliphatic rings. The smallest absolute Gasteiger partial charge is 0.372 e. The van der Waals surface area contributed by atoms with Crippen LogP contribution in [0.5, 0.6) is 0 Å². The van der Waals surface area contributed by atoms with Crippen molar-refractivity contribution in [3.63, 3.8) is 0 Å². The van der Waals surface area contributed by atoms with Gasteiger partial charge in [0.2, 0.25) is 11.7 Å². The lowest BCUT2D eigenvalue weighted by molar-refractivity contribution is -0.137. The van der Waals surface area contributed by atoms with E-state index >= 15 is 0 Å². The lowest BCUT2D eigenvalue weighted by Gasteiger charge is -2.28. The van der Waals surface area contributed by atoms with Crippen LogP contribution in [0.4, 0.5) is 33.3 Å². The second-order valence-electron chi connectivity index (χ2n) is 10.7. The summed E-state index contributed by atoms with van der Waals surface area (Å²) < 4.78 is 77.1. The average molecular weight is 654 g/mol. The summed E-state index contributed by atoms with van der Waals surface area (Å²) in [4.78, 5) is 36.4. The summed E-state index contributed by atoms with van der Waals surface area (Å²) in [5.74, 6) is -3.79. The number of hydrogen-bond donors (Lipinski definition) is 2. The first-order valence-electron chi connectivity index (χ1n) is 14.8. The maximum absolute atomic E-state index is 15.0. The predicted octanol–water partition coefficient (Wildman–Crippen LogP) is 6.20. The molecule has 0 unspecified atom stereocenters. The van der Waals surface area contributed by atoms with Gasteiger partial charge in [-0.1, -0.05) is 26.0 Å². The Hall–Kier alpha value is -5.11. The number of hydrogen-bond acceptors (Lipinski definition) is 6. The van der Waals surface area contributed by atoms with E-state index in [0.717, 1.165) is 24.3 Å². The van der Waals surface area contributed by atoms with Gasteiger partial charge in [-0.2, -0.15) is 13.2 Å². The van der Waals surface area contributed by atoms with E-state index in [0.29, 0.717) is 28.2 Å². The molecule has 1 amide bonds. The first-order chi connectivity index (χ1) is 22.3. The highest BCUT2D eigenvalue weighted by atomic mass is 19.4. The Morgan fingerprint density at radius 1 is 1.09 bits per heavy atom. The maximum Gasteiger partial charge on any atom is 0.417 e. The molecule has 4 heterocycles. The largest absolute Gasteiger partial charge is 0.417 e. The van der Waals surface area contributed by atoms with Crippen molar-refractivity contribution < 1.29 is 31.5 Å². The number of benzene rings is 2. The predicted molar refractivity (Wildman–Crippen MR) is 170 cm³/mol. The average Bonchev–Trinajstić information content (AvgIpc) is 3.55. The molecular formula is C33H32F5N7O2. The number of pyridine rings is 1. The molecule has 2 aromatic carbocycles. The molecule has 0 fully saturated rings. The van der Waals surface area contributed by atoms with Gasteiger partial charge < -0.3 is 20.5 Å². The number of aryl methyl sites for hydroxylation is 2. The van der Waals surface area contributed by atoms with Crippen molar-refractivity contribution in [2.24, 2.45) is 12.8 Å². The van der Waals surface area contributed by atoms with Gasteiger partial charge >= 0.3 is 6.18 Å². The molecule has 0 saturated heterocycles. The Morgan fingerprint density at radius 3 is 2.40 bits per heavy atom. The Morgan fingerprint density at radius 2 is 1.77 bits per heavy atom. The zero-order valence-electron chi connectivity index (χ0n) is 26.3. The third-order valence-electron chi connectivity index (χ3n) is 7.91. The number of fused-ring (bicyclic) bond motifs is 4. The van der Waals surface area contributed by atoms with Gasteiger partial charge in [0.15, 0.2) is 5.82 Å². The van der Waals surface area contributed by atoms with Crippen molar-refractivity contribution in [2.45, 2.75) is 33.4 Å². The molecule has 14 heteroatoms. The number of carbonyl (C=O) groups excluding carboxylic acids is 2. The highest BCUT2D eigenvalue weighted by Crippen LogP contribution is 2.48. The molecule has 47 heavy (non-hydrogen) atoms. The number of imidazole rings is 2. The summed E-state index contributed by atoms with van der Waals surface area (Å²) >= 11 is 0. The summed E-state index contributed by atoms with van der Waals surface area (Å²) in [6, 6.07) is 5.62. The zero-order valence-corrected chi connectivity index (χ0v) is 26.3. The Balaban J connectivity index is 0.00000213. The van der Waals surface area contributed by atoms with Crippen LogP contribution < -0.4 is 16.0 Å². The van der Waals surface area contributed by atoms with Gasteiger partial charge in [-0.25, -0.2) is 18.7 Å². The molecule has 5 aromatic rings. The first-order valence-corrected chi connectivity index (χ1v) is 14.8. The molecule has 9 nitrogen and oxygen atoms in total. The highest BCUT2D eigenvalue weighted by Gasteiger charge is 2.39. The zero-order chi connectivity index (χ0) is 34.4. The second kappa shape index (κ2) is 12.6. The fourth-order valence-corrected chi connectivity index (χ4v) is 5.72. The molecule has 0 aliphatic carbocycles. The molecule has 3 N–H and O–H groups in total. The SMILES string of the molecule is CC.Cc1nc2c3c(c(C(F)(F)F)cc2n1C)-c1cccn2c(C(=O)c4cc(F)c(NC(=O)/C=C/CN)c(F)c4)nc(c12)CCN3C. The topological polar surface area (TPSA) is 111 Å². The Kier molecular flexibility index (Phi) is 8.91. The third-order valence-corrected chi connectivity index (χ3v) is 7.91. The lowest BCUT2D eigenvalue weighted by atomic mass is 9.93. The first kappa shape index (κ1) is 33.3. The van der Waals surface area contributed by atoms with Gasteiger partial charge in [-0.15, -0.1) is 0 Å². The lowest BCUT2D eigenvalue weighted by Crippen LogP contribution is -2.24. The van der Waals surface area contributed by atoms with Gasteiger partial charge in [-0.05, 0) is 31.2 Å². The summed E-state index contributed by atoms with van der Waals surface area (Å²) in [6.45, 7) is 5.99. The molecule has 6 rings (SSSR count). The molecule has 1 aliphatic heterocycles. The van der Waals surface area contributed by atoms with E-state index in [4.69, 9.17) is 5.73 Å². The summed E-state index contributed by atoms with van der Waals surface area (Å²) in [7, 11) is 3.33.